The SMILES string of the molecule is CCCCCCCCCCCCCCCCCC[N+](C)(C)CCOC(=O)CCC(=O)OCC[N+](C)(C)CCCCCCCCCCCCCCCCCC.[Cl-].[Cl-]. The Bertz CT molecular complexity index is 761. The first-order chi connectivity index (χ1) is 26.1. The van der Waals surface area contributed by atoms with Crippen molar-refractivity contribution >= 4 is 11.9 Å². The van der Waals surface area contributed by atoms with Gasteiger partial charge in [0.05, 0.1) is 54.1 Å². The number of ether oxygens (including phenoxy) is 2. The number of hydrogen-bond donors (Lipinski definition) is 0. The Morgan fingerprint density at radius 2 is 0.518 bits per heavy atom. The molecule has 0 fully saturated rings. The van der Waals surface area contributed by atoms with E-state index in [1.807, 2.05) is 0 Å². The maximum atomic E-state index is 12.3. The van der Waals surface area contributed by atoms with Gasteiger partial charge in [0.15, 0.2) is 0 Å². The molecule has 6 nitrogen and oxygen atoms in total. The molecule has 0 aliphatic rings. The topological polar surface area (TPSA) is 52.6 Å². The molecule has 0 aliphatic carbocycles. The van der Waals surface area contributed by atoms with Crippen LogP contribution in [0, 0.1) is 0 Å². The number of carbonyl (C=O) groups excluding carboxylic acids is 2. The minimum absolute atomic E-state index is 0. The molecule has 0 saturated heterocycles. The van der Waals surface area contributed by atoms with Gasteiger partial charge in [0, 0.05) is 0 Å². The van der Waals surface area contributed by atoms with E-state index in [1.165, 1.54) is 205 Å². The molecular weight excluding hydrogens is 739 g/mol. The van der Waals surface area contributed by atoms with Crippen LogP contribution in [0.1, 0.15) is 232 Å². The van der Waals surface area contributed by atoms with Crippen LogP contribution in [0.5, 0.6) is 0 Å². The lowest BCUT2D eigenvalue weighted by Crippen LogP contribution is -3.00. The number of unbranched alkanes of at least 4 members (excludes halogenated alkanes) is 30. The Labute approximate surface area is 363 Å². The highest BCUT2D eigenvalue weighted by Crippen LogP contribution is 2.16. The summed E-state index contributed by atoms with van der Waals surface area (Å²) in [6.07, 6.45) is 44.6. The van der Waals surface area contributed by atoms with E-state index in [-0.39, 0.29) is 49.6 Å². The van der Waals surface area contributed by atoms with Crippen molar-refractivity contribution < 1.29 is 52.8 Å². The van der Waals surface area contributed by atoms with Crippen molar-refractivity contribution in [1.82, 2.24) is 0 Å². The van der Waals surface area contributed by atoms with Crippen LogP contribution in [-0.2, 0) is 19.1 Å². The highest BCUT2D eigenvalue weighted by atomic mass is 35.5. The molecule has 0 aromatic heterocycles. The highest BCUT2D eigenvalue weighted by Gasteiger charge is 2.18. The average molecular weight is 838 g/mol. The van der Waals surface area contributed by atoms with Gasteiger partial charge in [-0.15, -0.1) is 0 Å². The van der Waals surface area contributed by atoms with Gasteiger partial charge in [-0.25, -0.2) is 0 Å². The van der Waals surface area contributed by atoms with Crippen molar-refractivity contribution in [2.75, 3.05) is 67.6 Å². The minimum Gasteiger partial charge on any atom is -1.00 e. The maximum absolute atomic E-state index is 12.3. The third kappa shape index (κ3) is 46.1. The minimum atomic E-state index is -0.297. The molecule has 0 unspecified atom stereocenters. The number of quaternary nitrogens is 2. The number of halogens is 2. The van der Waals surface area contributed by atoms with Crippen LogP contribution in [0.3, 0.4) is 0 Å². The Morgan fingerprint density at radius 1 is 0.321 bits per heavy atom. The zero-order chi connectivity index (χ0) is 39.9. The van der Waals surface area contributed by atoms with Gasteiger partial charge in [-0.1, -0.05) is 194 Å². The third-order valence-corrected chi connectivity index (χ3v) is 11.7. The number of likely N-dealkylation sites (N-methyl/N-ethyl adjacent to an activating group) is 2. The molecule has 56 heavy (non-hydrogen) atoms. The fourth-order valence-electron chi connectivity index (χ4n) is 7.56. The van der Waals surface area contributed by atoms with Crippen molar-refractivity contribution in [3.05, 3.63) is 0 Å². The van der Waals surface area contributed by atoms with Crippen LogP contribution in [0.25, 0.3) is 0 Å². The van der Waals surface area contributed by atoms with Crippen molar-refractivity contribution in [2.24, 2.45) is 0 Å². The van der Waals surface area contributed by atoms with Gasteiger partial charge in [-0.3, -0.25) is 9.59 Å². The average Bonchev–Trinajstić information content (AvgIpc) is 3.13. The molecule has 0 aromatic carbocycles. The van der Waals surface area contributed by atoms with Crippen LogP contribution in [0.15, 0.2) is 0 Å². The van der Waals surface area contributed by atoms with Crippen molar-refractivity contribution in [1.29, 1.82) is 0 Å². The van der Waals surface area contributed by atoms with Crippen LogP contribution < -0.4 is 24.8 Å². The van der Waals surface area contributed by atoms with Crippen LogP contribution in [0.2, 0.25) is 0 Å². The second-order valence-corrected chi connectivity index (χ2v) is 18.3. The zero-order valence-corrected chi connectivity index (χ0v) is 40.1. The van der Waals surface area contributed by atoms with Crippen LogP contribution >= 0.6 is 0 Å². The predicted octanol–water partition coefficient (Wildman–Crippen LogP) is 7.54. The fraction of sp³-hybridized carbons (Fsp3) is 0.958. The molecule has 0 amide bonds. The van der Waals surface area contributed by atoms with Gasteiger partial charge in [-0.2, -0.15) is 0 Å². The monoisotopic (exact) mass is 837 g/mol. The Kier molecular flexibility index (Phi) is 47.0. The predicted molar refractivity (Wildman–Crippen MR) is 234 cm³/mol. The summed E-state index contributed by atoms with van der Waals surface area (Å²) in [6, 6.07) is 0. The summed E-state index contributed by atoms with van der Waals surface area (Å²) in [4.78, 5) is 24.5. The Morgan fingerprint density at radius 3 is 0.732 bits per heavy atom. The third-order valence-electron chi connectivity index (χ3n) is 11.7. The molecule has 0 heterocycles. The summed E-state index contributed by atoms with van der Waals surface area (Å²) in [6.45, 7) is 9.22. The summed E-state index contributed by atoms with van der Waals surface area (Å²) in [5.74, 6) is -0.595. The van der Waals surface area contributed by atoms with E-state index in [9.17, 15) is 9.59 Å². The number of nitrogens with zero attached hydrogens (tertiary/aromatic N) is 2. The van der Waals surface area contributed by atoms with Crippen LogP contribution in [-0.4, -0.2) is 88.5 Å². The van der Waals surface area contributed by atoms with Gasteiger partial charge in [-0.05, 0) is 25.7 Å². The molecule has 0 spiro atoms. The molecule has 8 heteroatoms. The van der Waals surface area contributed by atoms with Crippen molar-refractivity contribution in [3.8, 4) is 0 Å². The number of esters is 2. The molecule has 0 bridgehead atoms. The van der Waals surface area contributed by atoms with E-state index in [1.54, 1.807) is 0 Å². The molecule has 338 valence electrons. The summed E-state index contributed by atoms with van der Waals surface area (Å²) in [5, 5.41) is 0. The smallest absolute Gasteiger partial charge is 0.306 e. The normalized spacial score (nSPS) is 11.6. The molecule has 0 aromatic rings. The quantitative estimate of drug-likeness (QED) is 0.0362. The van der Waals surface area contributed by atoms with Crippen LogP contribution in [0.4, 0.5) is 0 Å². The first kappa shape index (κ1) is 59.7. The van der Waals surface area contributed by atoms with E-state index in [2.05, 4.69) is 42.0 Å². The first-order valence-corrected chi connectivity index (χ1v) is 24.1. The van der Waals surface area contributed by atoms with Gasteiger partial charge < -0.3 is 43.3 Å². The van der Waals surface area contributed by atoms with E-state index < -0.39 is 0 Å². The van der Waals surface area contributed by atoms with Gasteiger partial charge >= 0.3 is 11.9 Å². The second kappa shape index (κ2) is 44.0. The summed E-state index contributed by atoms with van der Waals surface area (Å²) < 4.78 is 12.7. The summed E-state index contributed by atoms with van der Waals surface area (Å²) in [7, 11) is 8.88. The fourth-order valence-corrected chi connectivity index (χ4v) is 7.56. The Hall–Kier alpha value is -0.560. The van der Waals surface area contributed by atoms with Gasteiger partial charge in [0.2, 0.25) is 0 Å². The molecule has 0 saturated carbocycles. The zero-order valence-electron chi connectivity index (χ0n) is 38.6. The summed E-state index contributed by atoms with van der Waals surface area (Å²) in [5.41, 5.74) is 0. The molecule has 0 radical (unpaired) electrons. The molecule has 0 rings (SSSR count). The lowest BCUT2D eigenvalue weighted by atomic mass is 10.0. The number of rotatable bonds is 43. The highest BCUT2D eigenvalue weighted by molar-refractivity contribution is 5.77. The van der Waals surface area contributed by atoms with Crippen molar-refractivity contribution in [2.45, 2.75) is 232 Å². The molecule has 0 aliphatic heterocycles. The largest absolute Gasteiger partial charge is 1.00 e. The standard InChI is InChI=1S/C48H98N2O4.2ClH/c1-7-9-11-13-15-17-19-21-23-25-27-29-31-33-35-37-41-49(3,4)43-45-53-47(51)39-40-48(52)54-46-44-50(5,6)42-38-36-34-32-30-28-26-24-22-20-18-16-14-12-10-8-2;;/h7-46H2,1-6H3;2*1H/q+2;;/p-2. The van der Waals surface area contributed by atoms with E-state index >= 15 is 0 Å². The van der Waals surface area contributed by atoms with E-state index in [0.29, 0.717) is 13.2 Å². The van der Waals surface area contributed by atoms with Crippen molar-refractivity contribution in [3.63, 3.8) is 0 Å². The first-order valence-electron chi connectivity index (χ1n) is 24.1. The molecule has 0 N–H and O–H groups in total. The van der Waals surface area contributed by atoms with E-state index in [0.717, 1.165) is 35.1 Å². The van der Waals surface area contributed by atoms with E-state index in [4.69, 9.17) is 9.47 Å². The van der Waals surface area contributed by atoms with Gasteiger partial charge in [0.25, 0.3) is 0 Å². The number of hydrogen-bond acceptors (Lipinski definition) is 4. The molecular formula is C48H98Cl2N2O4. The van der Waals surface area contributed by atoms with Gasteiger partial charge in [0.1, 0.15) is 26.3 Å². The molecule has 0 atom stereocenters. The number of carbonyl (C=O) groups is 2. The lowest BCUT2D eigenvalue weighted by molar-refractivity contribution is -0.890. The maximum Gasteiger partial charge on any atom is 0.306 e. The second-order valence-electron chi connectivity index (χ2n) is 18.3. The summed E-state index contributed by atoms with van der Waals surface area (Å²) >= 11 is 0. The lowest BCUT2D eigenvalue weighted by Gasteiger charge is -2.29. The Balaban J connectivity index is -0.0000140.